The first-order chi connectivity index (χ1) is 15.2. The van der Waals surface area contributed by atoms with Crippen molar-refractivity contribution in [3.8, 4) is 0 Å². The minimum Gasteiger partial charge on any atom is -0.442 e. The van der Waals surface area contributed by atoms with E-state index in [1.165, 1.54) is 4.68 Å². The van der Waals surface area contributed by atoms with E-state index in [2.05, 4.69) is 15.1 Å². The van der Waals surface area contributed by atoms with Gasteiger partial charge in [-0.05, 0) is 70.6 Å². The van der Waals surface area contributed by atoms with Gasteiger partial charge < -0.3 is 9.64 Å². The summed E-state index contributed by atoms with van der Waals surface area (Å²) in [7, 11) is 1.89. The molecule has 32 heavy (non-hydrogen) atoms. The number of carbonyl (C=O) groups excluding carboxylic acids is 2. The van der Waals surface area contributed by atoms with E-state index in [0.29, 0.717) is 12.0 Å². The van der Waals surface area contributed by atoms with E-state index >= 15 is 0 Å². The van der Waals surface area contributed by atoms with Gasteiger partial charge in [-0.1, -0.05) is 6.07 Å². The van der Waals surface area contributed by atoms with E-state index in [1.807, 2.05) is 46.0 Å². The molecule has 1 saturated carbocycles. The zero-order valence-electron chi connectivity index (χ0n) is 19.0. The van der Waals surface area contributed by atoms with Crippen LogP contribution in [0.1, 0.15) is 61.6 Å². The summed E-state index contributed by atoms with van der Waals surface area (Å²) in [5.41, 5.74) is 3.03. The van der Waals surface area contributed by atoms with Crippen LogP contribution in [0.2, 0.25) is 0 Å². The molecule has 168 valence electrons. The average molecular weight is 436 g/mol. The van der Waals surface area contributed by atoms with Gasteiger partial charge in [-0.25, -0.2) is 4.79 Å². The summed E-state index contributed by atoms with van der Waals surface area (Å²) in [4.78, 5) is 28.2. The molecule has 1 amide bonds. The highest BCUT2D eigenvalue weighted by atomic mass is 16.6. The number of carbonyl (C=O) groups is 2. The number of ether oxygens (including phenoxy) is 1. The molecule has 0 radical (unpaired) electrons. The van der Waals surface area contributed by atoms with Crippen LogP contribution in [-0.4, -0.2) is 54.1 Å². The minimum absolute atomic E-state index is 0.0686. The predicted molar refractivity (Wildman–Crippen MR) is 120 cm³/mol. The van der Waals surface area contributed by atoms with E-state index < -0.39 is 11.7 Å². The van der Waals surface area contributed by atoms with Gasteiger partial charge in [0.1, 0.15) is 5.60 Å². The van der Waals surface area contributed by atoms with Gasteiger partial charge in [0.05, 0.1) is 23.0 Å². The van der Waals surface area contributed by atoms with Crippen molar-refractivity contribution in [3.05, 3.63) is 47.4 Å². The number of hydrogen-bond acceptors (Lipinski definition) is 5. The average Bonchev–Trinajstić information content (AvgIpc) is 3.35. The third-order valence-corrected chi connectivity index (χ3v) is 6.22. The van der Waals surface area contributed by atoms with E-state index in [-0.39, 0.29) is 18.0 Å². The van der Waals surface area contributed by atoms with E-state index in [4.69, 9.17) is 4.74 Å². The topological polar surface area (TPSA) is 82.3 Å². The molecule has 2 aliphatic carbocycles. The van der Waals surface area contributed by atoms with Gasteiger partial charge in [0.25, 0.3) is 5.91 Å². The number of aryl methyl sites for hydroxylation is 2. The summed E-state index contributed by atoms with van der Waals surface area (Å²) < 4.78 is 8.55. The summed E-state index contributed by atoms with van der Waals surface area (Å²) >= 11 is 0. The molecule has 0 N–H and O–H groups in total. The van der Waals surface area contributed by atoms with Crippen LogP contribution in [0.4, 0.5) is 4.79 Å². The normalized spacial score (nSPS) is 18.4. The molecule has 2 heterocycles. The Morgan fingerprint density at radius 1 is 1.16 bits per heavy atom. The monoisotopic (exact) mass is 435 g/mol. The number of amides is 1. The molecule has 0 aliphatic heterocycles. The van der Waals surface area contributed by atoms with Gasteiger partial charge in [0.15, 0.2) is 0 Å². The Balaban J connectivity index is 1.40. The maximum atomic E-state index is 13.7. The fourth-order valence-corrected chi connectivity index (χ4v) is 4.61. The van der Waals surface area contributed by atoms with Gasteiger partial charge in [0.2, 0.25) is 0 Å². The van der Waals surface area contributed by atoms with Gasteiger partial charge in [-0.2, -0.15) is 14.9 Å². The quantitative estimate of drug-likeness (QED) is 0.626. The van der Waals surface area contributed by atoms with Crippen molar-refractivity contribution in [1.82, 2.24) is 24.5 Å². The lowest BCUT2D eigenvalue weighted by atomic mass is 9.91. The van der Waals surface area contributed by atoms with Gasteiger partial charge in [0, 0.05) is 30.7 Å². The van der Waals surface area contributed by atoms with Crippen LogP contribution in [-0.2, 0) is 24.6 Å². The minimum atomic E-state index is -0.575. The van der Waals surface area contributed by atoms with Crippen molar-refractivity contribution in [2.75, 3.05) is 0 Å². The molecule has 2 aliphatic rings. The lowest BCUT2D eigenvalue weighted by molar-refractivity contribution is 0.0513. The van der Waals surface area contributed by atoms with Crippen molar-refractivity contribution in [1.29, 1.82) is 0 Å². The third kappa shape index (κ3) is 3.78. The molecule has 8 nitrogen and oxygen atoms in total. The fourth-order valence-electron chi connectivity index (χ4n) is 4.61. The lowest BCUT2D eigenvalue weighted by Gasteiger charge is -2.34. The number of rotatable bonds is 3. The Bertz CT molecular complexity index is 1200. The number of nitrogens with zero attached hydrogens (tertiary/aromatic N) is 5. The fraction of sp³-hybridized carbons (Fsp3) is 0.500. The molecular weight excluding hydrogens is 406 g/mol. The van der Waals surface area contributed by atoms with Crippen molar-refractivity contribution in [2.24, 2.45) is 7.05 Å². The maximum Gasteiger partial charge on any atom is 0.435 e. The van der Waals surface area contributed by atoms with E-state index in [9.17, 15) is 9.59 Å². The number of fused-ring (bicyclic) bond motifs is 2. The Kier molecular flexibility index (Phi) is 4.83. The third-order valence-electron chi connectivity index (χ3n) is 6.22. The standard InChI is InChI=1S/C24H29N5O3/c1-24(2,3)32-23(31)28-14-15-12-17(10-11-20(15)26-28)29(16-8-9-16)22(30)18-6-5-7-21-19(18)13-25-27(21)4/h5-7,13-14,16-17H,8-12H2,1-4H3. The summed E-state index contributed by atoms with van der Waals surface area (Å²) in [6, 6.07) is 6.17. The molecule has 0 bridgehead atoms. The molecule has 5 rings (SSSR count). The molecule has 3 aromatic rings. The van der Waals surface area contributed by atoms with Gasteiger partial charge in [-0.3, -0.25) is 9.48 Å². The lowest BCUT2D eigenvalue weighted by Crippen LogP contribution is -2.44. The predicted octanol–water partition coefficient (Wildman–Crippen LogP) is 3.72. The first kappa shape index (κ1) is 20.7. The molecule has 1 aromatic carbocycles. The first-order valence-corrected chi connectivity index (χ1v) is 11.3. The zero-order valence-corrected chi connectivity index (χ0v) is 19.0. The van der Waals surface area contributed by atoms with Crippen LogP contribution in [0.3, 0.4) is 0 Å². The maximum absolute atomic E-state index is 13.7. The summed E-state index contributed by atoms with van der Waals surface area (Å²) in [5, 5.41) is 9.69. The van der Waals surface area contributed by atoms with Crippen LogP contribution in [0, 0.1) is 0 Å². The molecule has 1 unspecified atom stereocenters. The number of aromatic nitrogens is 4. The van der Waals surface area contributed by atoms with Gasteiger partial charge >= 0.3 is 6.09 Å². The van der Waals surface area contributed by atoms with Crippen molar-refractivity contribution < 1.29 is 14.3 Å². The molecular formula is C24H29N5O3. The van der Waals surface area contributed by atoms with Crippen molar-refractivity contribution in [3.63, 3.8) is 0 Å². The Labute approximate surface area is 187 Å². The van der Waals surface area contributed by atoms with E-state index in [1.54, 1.807) is 17.1 Å². The van der Waals surface area contributed by atoms with Crippen molar-refractivity contribution in [2.45, 2.75) is 70.6 Å². The Morgan fingerprint density at radius 2 is 1.94 bits per heavy atom. The highest BCUT2D eigenvalue weighted by Crippen LogP contribution is 2.35. The van der Waals surface area contributed by atoms with Crippen LogP contribution in [0.25, 0.3) is 10.9 Å². The SMILES string of the molecule is Cn1ncc2c(C(=O)N(C3CC3)C3CCc4nn(C(=O)OC(C)(C)C)cc4C3)cccc21. The second kappa shape index (κ2) is 7.46. The molecule has 0 spiro atoms. The van der Waals surface area contributed by atoms with Crippen LogP contribution < -0.4 is 0 Å². The molecule has 8 heteroatoms. The highest BCUT2D eigenvalue weighted by molar-refractivity contribution is 6.06. The summed E-state index contributed by atoms with van der Waals surface area (Å²) in [6.07, 6.45) is 7.42. The molecule has 2 aromatic heterocycles. The Morgan fingerprint density at radius 3 is 2.66 bits per heavy atom. The second-order valence-electron chi connectivity index (χ2n) is 9.87. The second-order valence-corrected chi connectivity index (χ2v) is 9.87. The molecule has 1 fully saturated rings. The molecule has 1 atom stereocenters. The number of benzene rings is 1. The smallest absolute Gasteiger partial charge is 0.435 e. The largest absolute Gasteiger partial charge is 0.442 e. The van der Waals surface area contributed by atoms with Crippen LogP contribution in [0.5, 0.6) is 0 Å². The highest BCUT2D eigenvalue weighted by Gasteiger charge is 2.40. The first-order valence-electron chi connectivity index (χ1n) is 11.3. The van der Waals surface area contributed by atoms with Crippen molar-refractivity contribution >= 4 is 22.9 Å². The van der Waals surface area contributed by atoms with Gasteiger partial charge in [-0.15, -0.1) is 0 Å². The van der Waals surface area contributed by atoms with Crippen LogP contribution in [0.15, 0.2) is 30.6 Å². The van der Waals surface area contributed by atoms with Crippen LogP contribution >= 0.6 is 0 Å². The summed E-state index contributed by atoms with van der Waals surface area (Å²) in [5.74, 6) is 0.0686. The Hall–Kier alpha value is -3.16. The summed E-state index contributed by atoms with van der Waals surface area (Å²) in [6.45, 7) is 5.52. The molecule has 0 saturated heterocycles. The van der Waals surface area contributed by atoms with E-state index in [0.717, 1.165) is 47.8 Å². The number of hydrogen-bond donors (Lipinski definition) is 0. The zero-order chi connectivity index (χ0) is 22.6.